The molecule has 0 bridgehead atoms. The summed E-state index contributed by atoms with van der Waals surface area (Å²) in [5.41, 5.74) is 8.22. The first-order chi connectivity index (χ1) is 9.57. The molecule has 1 aromatic carbocycles. The maximum absolute atomic E-state index is 11.4. The summed E-state index contributed by atoms with van der Waals surface area (Å²) in [4.78, 5) is 11.4. The van der Waals surface area contributed by atoms with Gasteiger partial charge in [0.1, 0.15) is 0 Å². The third-order valence-electron chi connectivity index (χ3n) is 4.56. The van der Waals surface area contributed by atoms with Gasteiger partial charge in [-0.1, -0.05) is 51.0 Å². The van der Waals surface area contributed by atoms with Crippen LogP contribution in [-0.2, 0) is 10.2 Å². The van der Waals surface area contributed by atoms with Gasteiger partial charge in [0.25, 0.3) is 0 Å². The molecule has 20 heavy (non-hydrogen) atoms. The standard InChI is InChI=1S/C17H26N2O/c1-13(2)14-5-7-15(8-6-14)17(9-3-4-10-17)12-19-16(20)11-18/h5-8,13H,3-4,9-12,18H2,1-2H3,(H,19,20). The minimum atomic E-state index is -0.0601. The smallest absolute Gasteiger partial charge is 0.233 e. The van der Waals surface area contributed by atoms with Crippen LogP contribution < -0.4 is 11.1 Å². The van der Waals surface area contributed by atoms with Gasteiger partial charge in [0.15, 0.2) is 0 Å². The zero-order valence-electron chi connectivity index (χ0n) is 12.6. The van der Waals surface area contributed by atoms with Gasteiger partial charge in [-0.15, -0.1) is 0 Å². The first kappa shape index (κ1) is 15.0. The summed E-state index contributed by atoms with van der Waals surface area (Å²) >= 11 is 0. The van der Waals surface area contributed by atoms with Gasteiger partial charge in [0.05, 0.1) is 6.54 Å². The van der Waals surface area contributed by atoms with E-state index in [-0.39, 0.29) is 17.9 Å². The van der Waals surface area contributed by atoms with Gasteiger partial charge < -0.3 is 11.1 Å². The topological polar surface area (TPSA) is 55.1 Å². The van der Waals surface area contributed by atoms with Crippen LogP contribution in [-0.4, -0.2) is 19.0 Å². The van der Waals surface area contributed by atoms with Crippen LogP contribution in [0.5, 0.6) is 0 Å². The summed E-state index contributed by atoms with van der Waals surface area (Å²) in [5, 5.41) is 2.99. The first-order valence-corrected chi connectivity index (χ1v) is 7.64. The van der Waals surface area contributed by atoms with Gasteiger partial charge in [0.2, 0.25) is 5.91 Å². The van der Waals surface area contributed by atoms with E-state index < -0.39 is 0 Å². The average Bonchev–Trinajstić information content (AvgIpc) is 2.95. The minimum absolute atomic E-state index is 0.0601. The highest BCUT2D eigenvalue weighted by Gasteiger charge is 2.35. The average molecular weight is 274 g/mol. The molecule has 0 unspecified atom stereocenters. The van der Waals surface area contributed by atoms with Crippen LogP contribution in [0.1, 0.15) is 56.6 Å². The van der Waals surface area contributed by atoms with E-state index in [4.69, 9.17) is 5.73 Å². The SMILES string of the molecule is CC(C)c1ccc(C2(CNC(=O)CN)CCCC2)cc1. The zero-order chi connectivity index (χ0) is 14.6. The molecule has 0 heterocycles. The number of nitrogens with two attached hydrogens (primary N) is 1. The van der Waals surface area contributed by atoms with E-state index in [1.807, 2.05) is 0 Å². The molecule has 0 radical (unpaired) electrons. The fourth-order valence-electron chi connectivity index (χ4n) is 3.18. The van der Waals surface area contributed by atoms with Gasteiger partial charge in [-0.05, 0) is 29.9 Å². The molecule has 0 aromatic heterocycles. The number of hydrogen-bond acceptors (Lipinski definition) is 2. The summed E-state index contributed by atoms with van der Waals surface area (Å²) in [6.07, 6.45) is 4.78. The molecule has 110 valence electrons. The normalized spacial score (nSPS) is 17.4. The lowest BCUT2D eigenvalue weighted by atomic mass is 9.78. The number of hydrogen-bond donors (Lipinski definition) is 2. The molecular weight excluding hydrogens is 248 g/mol. The number of amides is 1. The van der Waals surface area contributed by atoms with E-state index >= 15 is 0 Å². The Hall–Kier alpha value is -1.35. The van der Waals surface area contributed by atoms with E-state index in [0.717, 1.165) is 12.8 Å². The predicted octanol–water partition coefficient (Wildman–Crippen LogP) is 2.70. The summed E-state index contributed by atoms with van der Waals surface area (Å²) < 4.78 is 0. The van der Waals surface area contributed by atoms with Gasteiger partial charge >= 0.3 is 0 Å². The molecule has 0 saturated heterocycles. The summed E-state index contributed by atoms with van der Waals surface area (Å²) in [6, 6.07) is 8.94. The second-order valence-electron chi connectivity index (χ2n) is 6.24. The third kappa shape index (κ3) is 3.21. The number of benzene rings is 1. The van der Waals surface area contributed by atoms with Crippen LogP contribution in [0, 0.1) is 0 Å². The van der Waals surface area contributed by atoms with Crippen molar-refractivity contribution in [1.82, 2.24) is 5.32 Å². The van der Waals surface area contributed by atoms with Crippen LogP contribution in [0.4, 0.5) is 0 Å². The van der Waals surface area contributed by atoms with Gasteiger partial charge in [-0.3, -0.25) is 4.79 Å². The van der Waals surface area contributed by atoms with E-state index in [2.05, 4.69) is 43.4 Å². The van der Waals surface area contributed by atoms with Crippen LogP contribution in [0.3, 0.4) is 0 Å². The zero-order valence-corrected chi connectivity index (χ0v) is 12.6. The number of carbonyl (C=O) groups is 1. The molecule has 1 fully saturated rings. The number of carbonyl (C=O) groups excluding carboxylic acids is 1. The number of nitrogens with one attached hydrogen (secondary N) is 1. The Kier molecular flexibility index (Phi) is 4.81. The summed E-state index contributed by atoms with van der Waals surface area (Å²) in [7, 11) is 0. The van der Waals surface area contributed by atoms with Gasteiger partial charge in [0, 0.05) is 12.0 Å². The molecule has 1 amide bonds. The van der Waals surface area contributed by atoms with Crippen LogP contribution >= 0.6 is 0 Å². The molecule has 3 nitrogen and oxygen atoms in total. The Morgan fingerprint density at radius 3 is 2.35 bits per heavy atom. The molecule has 1 aliphatic carbocycles. The van der Waals surface area contributed by atoms with Crippen molar-refractivity contribution in [3.63, 3.8) is 0 Å². The predicted molar refractivity (Wildman–Crippen MR) is 82.7 cm³/mol. The van der Waals surface area contributed by atoms with Crippen molar-refractivity contribution < 1.29 is 4.79 Å². The van der Waals surface area contributed by atoms with Crippen molar-refractivity contribution in [2.75, 3.05) is 13.1 Å². The Balaban J connectivity index is 2.17. The Bertz CT molecular complexity index is 445. The lowest BCUT2D eigenvalue weighted by Crippen LogP contribution is -2.41. The van der Waals surface area contributed by atoms with E-state index in [0.29, 0.717) is 12.5 Å². The van der Waals surface area contributed by atoms with Crippen molar-refractivity contribution in [3.8, 4) is 0 Å². The quantitative estimate of drug-likeness (QED) is 0.867. The highest BCUT2D eigenvalue weighted by Crippen LogP contribution is 2.40. The van der Waals surface area contributed by atoms with E-state index in [1.54, 1.807) is 0 Å². The molecule has 1 saturated carbocycles. The van der Waals surface area contributed by atoms with Gasteiger partial charge in [-0.25, -0.2) is 0 Å². The fraction of sp³-hybridized carbons (Fsp3) is 0.588. The maximum Gasteiger partial charge on any atom is 0.233 e. The van der Waals surface area contributed by atoms with Crippen LogP contribution in [0.2, 0.25) is 0 Å². The molecule has 3 heteroatoms. The maximum atomic E-state index is 11.4. The Morgan fingerprint density at radius 1 is 1.25 bits per heavy atom. The highest BCUT2D eigenvalue weighted by molar-refractivity contribution is 5.77. The summed E-state index contributed by atoms with van der Waals surface area (Å²) in [6.45, 7) is 5.20. The largest absolute Gasteiger partial charge is 0.354 e. The van der Waals surface area contributed by atoms with E-state index in [1.165, 1.54) is 24.0 Å². The fourth-order valence-corrected chi connectivity index (χ4v) is 3.18. The molecule has 0 atom stereocenters. The lowest BCUT2D eigenvalue weighted by Gasteiger charge is -2.30. The second-order valence-corrected chi connectivity index (χ2v) is 6.24. The summed E-state index contributed by atoms with van der Waals surface area (Å²) in [5.74, 6) is 0.496. The molecule has 1 aliphatic rings. The van der Waals surface area contributed by atoms with Crippen LogP contribution in [0.25, 0.3) is 0 Å². The molecule has 0 spiro atoms. The molecule has 1 aromatic rings. The number of rotatable bonds is 5. The molecular formula is C17H26N2O. The van der Waals surface area contributed by atoms with Crippen molar-refractivity contribution in [2.45, 2.75) is 50.9 Å². The van der Waals surface area contributed by atoms with Crippen LogP contribution in [0.15, 0.2) is 24.3 Å². The molecule has 0 aliphatic heterocycles. The second kappa shape index (κ2) is 6.40. The first-order valence-electron chi connectivity index (χ1n) is 7.64. The monoisotopic (exact) mass is 274 g/mol. The third-order valence-corrected chi connectivity index (χ3v) is 4.56. The molecule has 3 N–H and O–H groups in total. The Labute approximate surface area is 121 Å². The lowest BCUT2D eigenvalue weighted by molar-refractivity contribution is -0.120. The van der Waals surface area contributed by atoms with Gasteiger partial charge in [-0.2, -0.15) is 0 Å². The van der Waals surface area contributed by atoms with Crippen molar-refractivity contribution in [1.29, 1.82) is 0 Å². The van der Waals surface area contributed by atoms with Crippen molar-refractivity contribution in [2.24, 2.45) is 5.73 Å². The minimum Gasteiger partial charge on any atom is -0.354 e. The van der Waals surface area contributed by atoms with Crippen molar-refractivity contribution >= 4 is 5.91 Å². The van der Waals surface area contributed by atoms with Crippen molar-refractivity contribution in [3.05, 3.63) is 35.4 Å². The van der Waals surface area contributed by atoms with E-state index in [9.17, 15) is 4.79 Å². The molecule has 2 rings (SSSR count). The highest BCUT2D eigenvalue weighted by atomic mass is 16.1. The Morgan fingerprint density at radius 2 is 1.85 bits per heavy atom.